The van der Waals surface area contributed by atoms with Crippen LogP contribution in [0.25, 0.3) is 0 Å². The first-order valence-electron chi connectivity index (χ1n) is 10.3. The Bertz CT molecular complexity index is 1220. The Morgan fingerprint density at radius 1 is 0.906 bits per heavy atom. The summed E-state index contributed by atoms with van der Waals surface area (Å²) < 4.78 is 28.5. The summed E-state index contributed by atoms with van der Waals surface area (Å²) in [5.41, 5.74) is 2.44. The smallest absolute Gasteiger partial charge is 0.262 e. The molecule has 0 spiro atoms. The van der Waals surface area contributed by atoms with Crippen molar-refractivity contribution in [1.82, 2.24) is 4.90 Å². The fraction of sp³-hybridized carbons (Fsp3) is 0.208. The topological polar surface area (TPSA) is 69.7 Å². The first-order chi connectivity index (χ1) is 15.3. The second-order valence-corrected chi connectivity index (χ2v) is 9.80. The van der Waals surface area contributed by atoms with Crippen LogP contribution in [0.15, 0.2) is 77.7 Å². The van der Waals surface area contributed by atoms with E-state index in [9.17, 15) is 13.2 Å². The van der Waals surface area contributed by atoms with E-state index >= 15 is 0 Å². The van der Waals surface area contributed by atoms with E-state index in [-0.39, 0.29) is 10.8 Å². The lowest BCUT2D eigenvalue weighted by atomic mass is 10.1. The Hall–Kier alpha value is -3.03. The number of benzene rings is 3. The molecular weight excluding hydrogens is 446 g/mol. The minimum absolute atomic E-state index is 0.102. The van der Waals surface area contributed by atoms with Gasteiger partial charge in [-0.25, -0.2) is 8.42 Å². The molecule has 6 nitrogen and oxygen atoms in total. The van der Waals surface area contributed by atoms with Gasteiger partial charge in [0, 0.05) is 48.1 Å². The van der Waals surface area contributed by atoms with Gasteiger partial charge in [-0.2, -0.15) is 0 Å². The van der Waals surface area contributed by atoms with Crippen LogP contribution >= 0.6 is 11.6 Å². The molecule has 32 heavy (non-hydrogen) atoms. The Morgan fingerprint density at radius 3 is 2.31 bits per heavy atom. The van der Waals surface area contributed by atoms with Crippen molar-refractivity contribution < 1.29 is 13.2 Å². The van der Waals surface area contributed by atoms with E-state index in [2.05, 4.69) is 9.62 Å². The third kappa shape index (κ3) is 4.89. The van der Waals surface area contributed by atoms with E-state index < -0.39 is 10.0 Å². The summed E-state index contributed by atoms with van der Waals surface area (Å²) in [5, 5.41) is 0.679. The highest BCUT2D eigenvalue weighted by molar-refractivity contribution is 7.92. The monoisotopic (exact) mass is 469 g/mol. The fourth-order valence-corrected chi connectivity index (χ4v) is 5.28. The Balaban J connectivity index is 1.49. The largest absolute Gasteiger partial charge is 0.368 e. The molecule has 0 radical (unpaired) electrons. The number of sulfonamides is 1. The van der Waals surface area contributed by atoms with Crippen LogP contribution in [0.2, 0.25) is 5.02 Å². The number of hydrogen-bond acceptors (Lipinski definition) is 4. The zero-order valence-electron chi connectivity index (χ0n) is 17.7. The molecule has 8 heteroatoms. The summed E-state index contributed by atoms with van der Waals surface area (Å²) in [7, 11) is -3.82. The van der Waals surface area contributed by atoms with E-state index in [1.54, 1.807) is 48.2 Å². The van der Waals surface area contributed by atoms with Crippen molar-refractivity contribution in [2.24, 2.45) is 0 Å². The van der Waals surface area contributed by atoms with Gasteiger partial charge in [0.2, 0.25) is 0 Å². The second kappa shape index (κ2) is 9.22. The van der Waals surface area contributed by atoms with Crippen molar-refractivity contribution in [3.05, 3.63) is 88.9 Å². The third-order valence-electron chi connectivity index (χ3n) is 5.49. The third-order valence-corrected chi connectivity index (χ3v) is 7.25. The maximum absolute atomic E-state index is 13.1. The average molecular weight is 470 g/mol. The lowest BCUT2D eigenvalue weighted by molar-refractivity contribution is 0.0746. The zero-order chi connectivity index (χ0) is 22.7. The van der Waals surface area contributed by atoms with Gasteiger partial charge in [-0.15, -0.1) is 0 Å². The first-order valence-corrected chi connectivity index (χ1v) is 12.2. The van der Waals surface area contributed by atoms with E-state index in [0.717, 1.165) is 5.69 Å². The van der Waals surface area contributed by atoms with E-state index in [4.69, 9.17) is 11.6 Å². The number of nitrogens with one attached hydrogen (secondary N) is 1. The van der Waals surface area contributed by atoms with Crippen LogP contribution in [0, 0.1) is 6.92 Å². The number of nitrogens with zero attached hydrogens (tertiary/aromatic N) is 2. The molecule has 0 saturated carbocycles. The molecule has 1 aliphatic rings. The Morgan fingerprint density at radius 2 is 1.62 bits per heavy atom. The molecule has 1 saturated heterocycles. The molecule has 0 atom stereocenters. The number of para-hydroxylation sites is 1. The van der Waals surface area contributed by atoms with Crippen molar-refractivity contribution in [3.63, 3.8) is 0 Å². The van der Waals surface area contributed by atoms with Crippen LogP contribution in [0.5, 0.6) is 0 Å². The first kappa shape index (κ1) is 22.2. The lowest BCUT2D eigenvalue weighted by Gasteiger charge is -2.36. The molecule has 1 N–H and O–H groups in total. The summed E-state index contributed by atoms with van der Waals surface area (Å²) in [4.78, 5) is 17.2. The maximum Gasteiger partial charge on any atom is 0.262 e. The number of rotatable bonds is 5. The summed E-state index contributed by atoms with van der Waals surface area (Å²) in [6, 6.07) is 21.2. The molecule has 3 aromatic carbocycles. The van der Waals surface area contributed by atoms with Gasteiger partial charge in [0.15, 0.2) is 0 Å². The molecule has 0 aliphatic carbocycles. The standard InChI is InChI=1S/C24H24ClN3O3S/c1-18-10-11-19(16-23(18)32(30,31)26-21-7-3-2-4-8-21)24(29)28-14-12-27(13-15-28)22-9-5-6-20(25)17-22/h2-11,16-17,26H,12-15H2,1H3. The van der Waals surface area contributed by atoms with Crippen LogP contribution in [-0.2, 0) is 10.0 Å². The molecule has 4 rings (SSSR count). The molecule has 0 bridgehead atoms. The number of aryl methyl sites for hydroxylation is 1. The molecular formula is C24H24ClN3O3S. The van der Waals surface area contributed by atoms with Gasteiger partial charge in [-0.05, 0) is 55.0 Å². The molecule has 1 aliphatic heterocycles. The summed E-state index contributed by atoms with van der Waals surface area (Å²) in [6.45, 7) is 4.17. The van der Waals surface area contributed by atoms with Crippen LogP contribution in [0.4, 0.5) is 11.4 Å². The van der Waals surface area contributed by atoms with E-state index in [0.29, 0.717) is 48.0 Å². The highest BCUT2D eigenvalue weighted by Gasteiger charge is 2.25. The highest BCUT2D eigenvalue weighted by Crippen LogP contribution is 2.24. The van der Waals surface area contributed by atoms with Gasteiger partial charge in [-0.1, -0.05) is 41.9 Å². The van der Waals surface area contributed by atoms with Crippen molar-refractivity contribution in [2.75, 3.05) is 35.8 Å². The predicted molar refractivity (Wildman–Crippen MR) is 128 cm³/mol. The molecule has 1 heterocycles. The number of carbonyl (C=O) groups excluding carboxylic acids is 1. The van der Waals surface area contributed by atoms with Crippen LogP contribution < -0.4 is 9.62 Å². The summed E-state index contributed by atoms with van der Waals surface area (Å²) in [5.74, 6) is -0.174. The molecule has 0 unspecified atom stereocenters. The summed E-state index contributed by atoms with van der Waals surface area (Å²) >= 11 is 6.09. The molecule has 166 valence electrons. The number of halogens is 1. The van der Waals surface area contributed by atoms with E-state index in [1.165, 1.54) is 6.07 Å². The van der Waals surface area contributed by atoms with Gasteiger partial charge >= 0.3 is 0 Å². The summed E-state index contributed by atoms with van der Waals surface area (Å²) in [6.07, 6.45) is 0. The van der Waals surface area contributed by atoms with E-state index in [1.807, 2.05) is 30.3 Å². The lowest BCUT2D eigenvalue weighted by Crippen LogP contribution is -2.48. The Labute approximate surface area is 193 Å². The predicted octanol–water partition coefficient (Wildman–Crippen LogP) is 4.41. The van der Waals surface area contributed by atoms with Gasteiger partial charge < -0.3 is 9.80 Å². The van der Waals surface area contributed by atoms with Crippen molar-refractivity contribution in [3.8, 4) is 0 Å². The van der Waals surface area contributed by atoms with Crippen molar-refractivity contribution in [1.29, 1.82) is 0 Å². The SMILES string of the molecule is Cc1ccc(C(=O)N2CCN(c3cccc(Cl)c3)CC2)cc1S(=O)(=O)Nc1ccccc1. The molecule has 1 amide bonds. The van der Waals surface area contributed by atoms with Crippen LogP contribution in [0.3, 0.4) is 0 Å². The number of hydrogen-bond donors (Lipinski definition) is 1. The molecule has 1 fully saturated rings. The quantitative estimate of drug-likeness (QED) is 0.600. The number of anilines is 2. The van der Waals surface area contributed by atoms with Crippen LogP contribution in [0.1, 0.15) is 15.9 Å². The normalized spacial score (nSPS) is 14.3. The Kier molecular flexibility index (Phi) is 6.39. The van der Waals surface area contributed by atoms with Gasteiger partial charge in [0.25, 0.3) is 15.9 Å². The van der Waals surface area contributed by atoms with Gasteiger partial charge in [0.1, 0.15) is 0 Å². The number of piperazine rings is 1. The maximum atomic E-state index is 13.1. The minimum atomic E-state index is -3.82. The number of carbonyl (C=O) groups is 1. The second-order valence-electron chi connectivity index (χ2n) is 7.71. The van der Waals surface area contributed by atoms with Gasteiger partial charge in [-0.3, -0.25) is 9.52 Å². The average Bonchev–Trinajstić information content (AvgIpc) is 2.79. The molecule has 3 aromatic rings. The van der Waals surface area contributed by atoms with Crippen LogP contribution in [-0.4, -0.2) is 45.4 Å². The highest BCUT2D eigenvalue weighted by atomic mass is 35.5. The van der Waals surface area contributed by atoms with Gasteiger partial charge in [0.05, 0.1) is 4.90 Å². The fourth-order valence-electron chi connectivity index (χ4n) is 3.76. The minimum Gasteiger partial charge on any atom is -0.368 e. The van der Waals surface area contributed by atoms with Crippen molar-refractivity contribution in [2.45, 2.75) is 11.8 Å². The number of amides is 1. The zero-order valence-corrected chi connectivity index (χ0v) is 19.2. The van der Waals surface area contributed by atoms with Crippen molar-refractivity contribution >= 4 is 38.9 Å². The molecule has 0 aromatic heterocycles.